The Morgan fingerprint density at radius 3 is 2.92 bits per heavy atom. The summed E-state index contributed by atoms with van der Waals surface area (Å²) in [6.45, 7) is 3.37. The number of likely N-dealkylation sites (tertiary alicyclic amines) is 1. The highest BCUT2D eigenvalue weighted by atomic mass is 16.5. The van der Waals surface area contributed by atoms with Crippen molar-refractivity contribution in [2.24, 2.45) is 5.92 Å². The number of carbonyl (C=O) groups is 1. The van der Waals surface area contributed by atoms with Gasteiger partial charge in [-0.3, -0.25) is 4.79 Å². The minimum Gasteiger partial charge on any atom is -0.365 e. The van der Waals surface area contributed by atoms with E-state index in [4.69, 9.17) is 4.52 Å². The van der Waals surface area contributed by atoms with Crippen molar-refractivity contribution >= 4 is 11.7 Å². The number of rotatable bonds is 4. The molecular weight excluding hydrogens is 318 g/mol. The summed E-state index contributed by atoms with van der Waals surface area (Å²) >= 11 is 0. The van der Waals surface area contributed by atoms with Gasteiger partial charge in [-0.1, -0.05) is 18.0 Å². The SMILES string of the molecule is Cc1noc(-c2ccnc(NC3CCN(C(=O)C4CCCC4)C3)c2)n1. The van der Waals surface area contributed by atoms with Crippen LogP contribution in [0, 0.1) is 12.8 Å². The maximum absolute atomic E-state index is 12.5. The maximum atomic E-state index is 12.5. The van der Waals surface area contributed by atoms with Crippen molar-refractivity contribution in [1.82, 2.24) is 20.0 Å². The Morgan fingerprint density at radius 2 is 2.16 bits per heavy atom. The molecule has 0 bridgehead atoms. The third-order valence-corrected chi connectivity index (χ3v) is 5.09. The fraction of sp³-hybridized carbons (Fsp3) is 0.556. The second-order valence-corrected chi connectivity index (χ2v) is 6.97. The fourth-order valence-electron chi connectivity index (χ4n) is 3.78. The third kappa shape index (κ3) is 3.50. The fourth-order valence-corrected chi connectivity index (χ4v) is 3.78. The summed E-state index contributed by atoms with van der Waals surface area (Å²) in [5, 5.41) is 7.26. The van der Waals surface area contributed by atoms with Crippen LogP contribution in [0.1, 0.15) is 37.9 Å². The average molecular weight is 341 g/mol. The molecule has 2 fully saturated rings. The first kappa shape index (κ1) is 16.1. The van der Waals surface area contributed by atoms with Crippen LogP contribution in [-0.2, 0) is 4.79 Å². The summed E-state index contributed by atoms with van der Waals surface area (Å²) in [5.74, 6) is 2.46. The van der Waals surface area contributed by atoms with Crippen LogP contribution < -0.4 is 5.32 Å². The Bertz CT molecular complexity index is 753. The number of carbonyl (C=O) groups excluding carboxylic acids is 1. The Kier molecular flexibility index (Phi) is 4.38. The molecule has 2 aromatic rings. The Labute approximate surface area is 146 Å². The van der Waals surface area contributed by atoms with Crippen molar-refractivity contribution < 1.29 is 9.32 Å². The highest BCUT2D eigenvalue weighted by molar-refractivity contribution is 5.79. The zero-order chi connectivity index (χ0) is 17.2. The first-order valence-corrected chi connectivity index (χ1v) is 9.01. The molecule has 1 atom stereocenters. The Morgan fingerprint density at radius 1 is 1.32 bits per heavy atom. The topological polar surface area (TPSA) is 84.2 Å². The zero-order valence-electron chi connectivity index (χ0n) is 14.4. The van der Waals surface area contributed by atoms with Gasteiger partial charge >= 0.3 is 0 Å². The van der Waals surface area contributed by atoms with Crippen LogP contribution in [0.2, 0.25) is 0 Å². The van der Waals surface area contributed by atoms with Crippen molar-refractivity contribution in [2.75, 3.05) is 18.4 Å². The van der Waals surface area contributed by atoms with Gasteiger partial charge in [0.1, 0.15) is 5.82 Å². The molecule has 4 rings (SSSR count). The lowest BCUT2D eigenvalue weighted by Gasteiger charge is -2.20. The van der Waals surface area contributed by atoms with Gasteiger partial charge < -0.3 is 14.7 Å². The quantitative estimate of drug-likeness (QED) is 0.920. The van der Waals surface area contributed by atoms with Crippen LogP contribution in [0.25, 0.3) is 11.5 Å². The second kappa shape index (κ2) is 6.82. The largest absolute Gasteiger partial charge is 0.365 e. The lowest BCUT2D eigenvalue weighted by atomic mass is 10.1. The molecule has 1 saturated heterocycles. The van der Waals surface area contributed by atoms with Crippen LogP contribution in [0.3, 0.4) is 0 Å². The number of nitrogens with zero attached hydrogens (tertiary/aromatic N) is 4. The van der Waals surface area contributed by atoms with Crippen molar-refractivity contribution in [3.05, 3.63) is 24.2 Å². The van der Waals surface area contributed by atoms with Crippen molar-refractivity contribution in [3.8, 4) is 11.5 Å². The van der Waals surface area contributed by atoms with E-state index in [-0.39, 0.29) is 12.0 Å². The molecular formula is C18H23N5O2. The molecule has 7 heteroatoms. The number of hydrogen-bond donors (Lipinski definition) is 1. The van der Waals surface area contributed by atoms with Gasteiger partial charge in [0.05, 0.1) is 0 Å². The van der Waals surface area contributed by atoms with Gasteiger partial charge in [0.2, 0.25) is 5.91 Å². The van der Waals surface area contributed by atoms with Crippen LogP contribution in [0.5, 0.6) is 0 Å². The summed E-state index contributed by atoms with van der Waals surface area (Å²) in [5.41, 5.74) is 0.843. The molecule has 2 aliphatic rings. The minimum atomic E-state index is 0.234. The molecule has 0 aromatic carbocycles. The predicted octanol–water partition coefficient (Wildman–Crippen LogP) is 2.64. The first-order valence-electron chi connectivity index (χ1n) is 9.01. The molecule has 25 heavy (non-hydrogen) atoms. The van der Waals surface area contributed by atoms with Crippen molar-refractivity contribution in [2.45, 2.75) is 45.1 Å². The normalized spacial score (nSPS) is 21.0. The number of pyridine rings is 1. The smallest absolute Gasteiger partial charge is 0.258 e. The number of aromatic nitrogens is 3. The van der Waals surface area contributed by atoms with Crippen LogP contribution in [-0.4, -0.2) is 45.1 Å². The first-order chi connectivity index (χ1) is 12.2. The van der Waals surface area contributed by atoms with Crippen LogP contribution in [0.15, 0.2) is 22.9 Å². The molecule has 0 radical (unpaired) electrons. The molecule has 7 nitrogen and oxygen atoms in total. The molecule has 2 aromatic heterocycles. The lowest BCUT2D eigenvalue weighted by molar-refractivity contribution is -0.134. The second-order valence-electron chi connectivity index (χ2n) is 6.97. The van der Waals surface area contributed by atoms with E-state index in [0.29, 0.717) is 17.6 Å². The van der Waals surface area contributed by atoms with Crippen LogP contribution >= 0.6 is 0 Å². The van der Waals surface area contributed by atoms with E-state index in [9.17, 15) is 4.79 Å². The molecule has 1 unspecified atom stereocenters. The van der Waals surface area contributed by atoms with E-state index in [2.05, 4.69) is 20.4 Å². The Hall–Kier alpha value is -2.44. The minimum absolute atomic E-state index is 0.234. The average Bonchev–Trinajstić information content (AvgIpc) is 3.36. The number of aryl methyl sites for hydroxylation is 1. The molecule has 1 aliphatic carbocycles. The van der Waals surface area contributed by atoms with Crippen molar-refractivity contribution in [3.63, 3.8) is 0 Å². The standard InChI is InChI=1S/C18H23N5O2/c1-12-20-17(25-22-12)14-6-8-19-16(10-14)21-15-7-9-23(11-15)18(24)13-4-2-3-5-13/h6,8,10,13,15H,2-5,7,9,11H2,1H3,(H,19,21). The molecule has 1 aliphatic heterocycles. The van der Waals surface area contributed by atoms with Crippen molar-refractivity contribution in [1.29, 1.82) is 0 Å². The zero-order valence-corrected chi connectivity index (χ0v) is 14.4. The highest BCUT2D eigenvalue weighted by Gasteiger charge is 2.32. The molecule has 1 amide bonds. The summed E-state index contributed by atoms with van der Waals surface area (Å²) in [4.78, 5) is 23.2. The summed E-state index contributed by atoms with van der Waals surface area (Å²) in [7, 11) is 0. The van der Waals surface area contributed by atoms with Gasteiger partial charge in [-0.25, -0.2) is 4.98 Å². The number of anilines is 1. The molecule has 1 N–H and O–H groups in total. The van der Waals surface area contributed by atoms with Crippen LogP contribution in [0.4, 0.5) is 5.82 Å². The highest BCUT2D eigenvalue weighted by Crippen LogP contribution is 2.28. The monoisotopic (exact) mass is 341 g/mol. The Balaban J connectivity index is 1.39. The van der Waals surface area contributed by atoms with Gasteiger partial charge in [-0.05, 0) is 38.3 Å². The van der Waals surface area contributed by atoms with E-state index >= 15 is 0 Å². The van der Waals surface area contributed by atoms with E-state index in [1.165, 1.54) is 12.8 Å². The molecule has 132 valence electrons. The molecule has 0 spiro atoms. The van der Waals surface area contributed by atoms with Gasteiger partial charge in [0.25, 0.3) is 5.89 Å². The number of hydrogen-bond acceptors (Lipinski definition) is 6. The maximum Gasteiger partial charge on any atom is 0.258 e. The van der Waals surface area contributed by atoms with E-state index < -0.39 is 0 Å². The van der Waals surface area contributed by atoms with Gasteiger partial charge in [0.15, 0.2) is 5.82 Å². The van der Waals surface area contributed by atoms with E-state index in [0.717, 1.165) is 43.7 Å². The van der Waals surface area contributed by atoms with E-state index in [1.54, 1.807) is 13.1 Å². The lowest BCUT2D eigenvalue weighted by Crippen LogP contribution is -2.35. The van der Waals surface area contributed by atoms with Gasteiger partial charge in [-0.15, -0.1) is 0 Å². The number of nitrogens with one attached hydrogen (secondary N) is 1. The van der Waals surface area contributed by atoms with Gasteiger partial charge in [-0.2, -0.15) is 4.98 Å². The molecule has 1 saturated carbocycles. The number of amides is 1. The van der Waals surface area contributed by atoms with Gasteiger partial charge in [0, 0.05) is 36.8 Å². The summed E-state index contributed by atoms with van der Waals surface area (Å²) in [6, 6.07) is 3.99. The molecule has 3 heterocycles. The summed E-state index contributed by atoms with van der Waals surface area (Å²) < 4.78 is 5.21. The third-order valence-electron chi connectivity index (χ3n) is 5.09. The summed E-state index contributed by atoms with van der Waals surface area (Å²) in [6.07, 6.45) is 7.18. The predicted molar refractivity (Wildman–Crippen MR) is 92.8 cm³/mol. The van der Waals surface area contributed by atoms with E-state index in [1.807, 2.05) is 17.0 Å².